The first-order chi connectivity index (χ1) is 17.9. The molecule has 1 fully saturated rings. The summed E-state index contributed by atoms with van der Waals surface area (Å²) in [6.45, 7) is 3.76. The van der Waals surface area contributed by atoms with Crippen LogP contribution >= 0.6 is 0 Å². The topological polar surface area (TPSA) is 106 Å². The number of ether oxygens (including phenoxy) is 3. The van der Waals surface area contributed by atoms with E-state index in [1.165, 1.54) is 16.7 Å². The number of methoxy groups -OCH3 is 2. The van der Waals surface area contributed by atoms with Crippen molar-refractivity contribution in [3.63, 3.8) is 0 Å². The van der Waals surface area contributed by atoms with Crippen molar-refractivity contribution in [2.75, 3.05) is 40.5 Å². The van der Waals surface area contributed by atoms with Crippen molar-refractivity contribution in [3.8, 4) is 11.5 Å². The van der Waals surface area contributed by atoms with Gasteiger partial charge in [-0.05, 0) is 47.7 Å². The van der Waals surface area contributed by atoms with Gasteiger partial charge in [0.2, 0.25) is 0 Å². The van der Waals surface area contributed by atoms with Crippen LogP contribution < -0.4 is 9.47 Å². The molecule has 8 heteroatoms. The third kappa shape index (κ3) is 8.06. The number of nitrogens with zero attached hydrogens (tertiary/aromatic N) is 1. The van der Waals surface area contributed by atoms with Crippen LogP contribution in [0.3, 0.4) is 0 Å². The molecule has 1 aliphatic heterocycles. The number of carbonyl (C=O) groups is 2. The van der Waals surface area contributed by atoms with Crippen LogP contribution in [0.5, 0.6) is 11.5 Å². The largest absolute Gasteiger partial charge is 0.493 e. The zero-order chi connectivity index (χ0) is 26.6. The summed E-state index contributed by atoms with van der Waals surface area (Å²) in [6, 6.07) is 27.2. The fraction of sp³-hybridized carbons (Fsp3) is 0.310. The van der Waals surface area contributed by atoms with E-state index in [9.17, 15) is 0 Å². The van der Waals surface area contributed by atoms with Gasteiger partial charge in [-0.3, -0.25) is 0 Å². The van der Waals surface area contributed by atoms with Crippen LogP contribution in [0.15, 0.2) is 78.9 Å². The Morgan fingerprint density at radius 1 is 0.865 bits per heavy atom. The van der Waals surface area contributed by atoms with Gasteiger partial charge >= 0.3 is 11.9 Å². The summed E-state index contributed by atoms with van der Waals surface area (Å²) in [4.78, 5) is 20.7. The number of hydrogen-bond acceptors (Lipinski definition) is 6. The standard InChI is InChI=1S/C27H31NO3.C2H2O4/c1-29-25-14-13-23(19-26(25)30-2)24-15-16-28(20-24)17-18-31-27(21-9-5-3-6-10-21)22-11-7-4-8-12-22;3-1(4)2(5)6/h3-14,19,24,27H,15-18,20H2,1-2H3;(H,3,4)(H,5,6). The maximum Gasteiger partial charge on any atom is 0.414 e. The van der Waals surface area contributed by atoms with E-state index in [4.69, 9.17) is 34.0 Å². The van der Waals surface area contributed by atoms with E-state index >= 15 is 0 Å². The van der Waals surface area contributed by atoms with E-state index in [1.807, 2.05) is 18.2 Å². The normalized spacial score (nSPS) is 15.1. The van der Waals surface area contributed by atoms with Gasteiger partial charge in [-0.15, -0.1) is 0 Å². The molecule has 1 atom stereocenters. The van der Waals surface area contributed by atoms with Gasteiger partial charge in [0.25, 0.3) is 0 Å². The van der Waals surface area contributed by atoms with Gasteiger partial charge < -0.3 is 29.3 Å². The minimum Gasteiger partial charge on any atom is -0.493 e. The number of rotatable bonds is 9. The van der Waals surface area contributed by atoms with Crippen molar-refractivity contribution in [2.24, 2.45) is 0 Å². The quantitative estimate of drug-likeness (QED) is 0.409. The summed E-state index contributed by atoms with van der Waals surface area (Å²) in [5.41, 5.74) is 3.70. The number of aliphatic carboxylic acids is 2. The van der Waals surface area contributed by atoms with E-state index in [-0.39, 0.29) is 6.10 Å². The van der Waals surface area contributed by atoms with E-state index < -0.39 is 11.9 Å². The Morgan fingerprint density at radius 3 is 1.95 bits per heavy atom. The smallest absolute Gasteiger partial charge is 0.414 e. The Hall–Kier alpha value is -3.88. The Bertz CT molecular complexity index is 1090. The Kier molecular flexibility index (Phi) is 10.5. The lowest BCUT2D eigenvalue weighted by molar-refractivity contribution is -0.159. The number of carboxylic acid groups (broad SMARTS) is 2. The lowest BCUT2D eigenvalue weighted by Crippen LogP contribution is -2.26. The molecule has 8 nitrogen and oxygen atoms in total. The number of benzene rings is 3. The SMILES string of the molecule is COc1ccc(C2CCN(CCOC(c3ccccc3)c3ccccc3)C2)cc1OC.O=C(O)C(=O)O. The molecule has 2 N–H and O–H groups in total. The van der Waals surface area contributed by atoms with Crippen molar-refractivity contribution in [1.29, 1.82) is 0 Å². The lowest BCUT2D eigenvalue weighted by Gasteiger charge is -2.22. The van der Waals surface area contributed by atoms with Gasteiger partial charge in [-0.1, -0.05) is 66.7 Å². The summed E-state index contributed by atoms with van der Waals surface area (Å²) in [7, 11) is 3.36. The van der Waals surface area contributed by atoms with Crippen LogP contribution in [0.1, 0.15) is 35.1 Å². The molecule has 1 aliphatic rings. The van der Waals surface area contributed by atoms with Crippen molar-refractivity contribution < 1.29 is 34.0 Å². The van der Waals surface area contributed by atoms with E-state index in [1.54, 1.807) is 14.2 Å². The highest BCUT2D eigenvalue weighted by Gasteiger charge is 2.25. The van der Waals surface area contributed by atoms with Gasteiger partial charge in [0.1, 0.15) is 6.10 Å². The Morgan fingerprint density at radius 2 is 1.43 bits per heavy atom. The highest BCUT2D eigenvalue weighted by molar-refractivity contribution is 6.27. The molecule has 0 bridgehead atoms. The van der Waals surface area contributed by atoms with Gasteiger partial charge in [-0.25, -0.2) is 9.59 Å². The molecule has 0 aliphatic carbocycles. The highest BCUT2D eigenvalue weighted by atomic mass is 16.5. The molecule has 1 saturated heterocycles. The molecule has 1 unspecified atom stereocenters. The van der Waals surface area contributed by atoms with Crippen molar-refractivity contribution in [1.82, 2.24) is 4.90 Å². The summed E-state index contributed by atoms with van der Waals surface area (Å²) in [5, 5.41) is 14.8. The average Bonchev–Trinajstić information content (AvgIpc) is 3.41. The third-order valence-corrected chi connectivity index (χ3v) is 6.23. The summed E-state index contributed by atoms with van der Waals surface area (Å²) < 4.78 is 17.3. The monoisotopic (exact) mass is 507 g/mol. The molecule has 196 valence electrons. The second-order valence-corrected chi connectivity index (χ2v) is 8.58. The zero-order valence-corrected chi connectivity index (χ0v) is 21.1. The average molecular weight is 508 g/mol. The maximum atomic E-state index is 9.10. The first-order valence-corrected chi connectivity index (χ1v) is 12.0. The molecule has 37 heavy (non-hydrogen) atoms. The molecule has 0 saturated carbocycles. The Labute approximate surface area is 217 Å². The van der Waals surface area contributed by atoms with E-state index in [0.29, 0.717) is 12.5 Å². The highest BCUT2D eigenvalue weighted by Crippen LogP contribution is 2.34. The van der Waals surface area contributed by atoms with Gasteiger partial charge in [-0.2, -0.15) is 0 Å². The van der Waals surface area contributed by atoms with Crippen LogP contribution in [-0.2, 0) is 14.3 Å². The second-order valence-electron chi connectivity index (χ2n) is 8.58. The molecule has 3 aromatic carbocycles. The second kappa shape index (κ2) is 14.0. The predicted octanol–water partition coefficient (Wildman–Crippen LogP) is 4.45. The minimum atomic E-state index is -1.82. The lowest BCUT2D eigenvalue weighted by atomic mass is 9.98. The summed E-state index contributed by atoms with van der Waals surface area (Å²) >= 11 is 0. The zero-order valence-electron chi connectivity index (χ0n) is 21.1. The molecular formula is C29H33NO7. The number of likely N-dealkylation sites (tertiary alicyclic amines) is 1. The first kappa shape index (κ1) is 27.7. The summed E-state index contributed by atoms with van der Waals surface area (Å²) in [5.74, 6) is -1.55. The molecule has 3 aromatic rings. The van der Waals surface area contributed by atoms with Gasteiger partial charge in [0, 0.05) is 13.1 Å². The van der Waals surface area contributed by atoms with Crippen LogP contribution in [0.4, 0.5) is 0 Å². The Balaban J connectivity index is 0.000000568. The fourth-order valence-electron chi connectivity index (χ4n) is 4.35. The van der Waals surface area contributed by atoms with Crippen molar-refractivity contribution >= 4 is 11.9 Å². The molecule has 0 aromatic heterocycles. The molecule has 0 radical (unpaired) electrons. The first-order valence-electron chi connectivity index (χ1n) is 12.0. The van der Waals surface area contributed by atoms with Crippen LogP contribution in [-0.4, -0.2) is 67.5 Å². The predicted molar refractivity (Wildman–Crippen MR) is 139 cm³/mol. The molecular weight excluding hydrogens is 474 g/mol. The molecule has 0 spiro atoms. The van der Waals surface area contributed by atoms with Crippen LogP contribution in [0.2, 0.25) is 0 Å². The van der Waals surface area contributed by atoms with Crippen molar-refractivity contribution in [2.45, 2.75) is 18.4 Å². The third-order valence-electron chi connectivity index (χ3n) is 6.23. The number of carboxylic acids is 2. The summed E-state index contributed by atoms with van der Waals surface area (Å²) in [6.07, 6.45) is 1.11. The van der Waals surface area contributed by atoms with E-state index in [0.717, 1.165) is 37.6 Å². The minimum absolute atomic E-state index is 0.0355. The van der Waals surface area contributed by atoms with Crippen LogP contribution in [0.25, 0.3) is 0 Å². The van der Waals surface area contributed by atoms with Crippen molar-refractivity contribution in [3.05, 3.63) is 95.6 Å². The maximum absolute atomic E-state index is 9.10. The van der Waals surface area contributed by atoms with Crippen LogP contribution in [0, 0.1) is 0 Å². The molecule has 1 heterocycles. The number of hydrogen-bond donors (Lipinski definition) is 2. The molecule has 0 amide bonds. The van der Waals surface area contributed by atoms with Gasteiger partial charge in [0.05, 0.1) is 20.8 Å². The van der Waals surface area contributed by atoms with E-state index in [2.05, 4.69) is 65.6 Å². The molecule has 4 rings (SSSR count). The van der Waals surface area contributed by atoms with Gasteiger partial charge in [0.15, 0.2) is 11.5 Å². The fourth-order valence-corrected chi connectivity index (χ4v) is 4.35.